The lowest BCUT2D eigenvalue weighted by atomic mass is 9.82. The van der Waals surface area contributed by atoms with Gasteiger partial charge in [-0.2, -0.15) is 0 Å². The molecule has 1 aliphatic carbocycles. The van der Waals surface area contributed by atoms with Crippen LogP contribution < -0.4 is 11.5 Å². The van der Waals surface area contributed by atoms with Crippen LogP contribution in [0.5, 0.6) is 0 Å². The van der Waals surface area contributed by atoms with E-state index in [0.29, 0.717) is 0 Å². The molecule has 4 N–H and O–H groups in total. The van der Waals surface area contributed by atoms with Gasteiger partial charge in [0.2, 0.25) is 5.91 Å². The molecule has 14 heavy (non-hydrogen) atoms. The van der Waals surface area contributed by atoms with E-state index in [1.807, 2.05) is 0 Å². The van der Waals surface area contributed by atoms with Crippen molar-refractivity contribution in [1.82, 2.24) is 4.90 Å². The lowest BCUT2D eigenvalue weighted by molar-refractivity contribution is -0.134. The molecule has 0 saturated heterocycles. The molecular weight excluding hydrogens is 202 g/mol. The first-order valence-corrected chi connectivity index (χ1v) is 4.74. The van der Waals surface area contributed by atoms with Gasteiger partial charge in [-0.15, -0.1) is 12.4 Å². The molecule has 0 aliphatic heterocycles. The van der Waals surface area contributed by atoms with Gasteiger partial charge in [-0.25, -0.2) is 0 Å². The molecule has 4 nitrogen and oxygen atoms in total. The molecule has 3 atom stereocenters. The van der Waals surface area contributed by atoms with E-state index in [0.717, 1.165) is 19.3 Å². The van der Waals surface area contributed by atoms with Gasteiger partial charge in [-0.3, -0.25) is 4.79 Å². The molecule has 0 unspecified atom stereocenters. The Morgan fingerprint density at radius 3 is 2.21 bits per heavy atom. The number of nitrogens with zero attached hydrogens (tertiary/aromatic N) is 1. The van der Waals surface area contributed by atoms with E-state index >= 15 is 0 Å². The lowest BCUT2D eigenvalue weighted by Crippen LogP contribution is -2.48. The zero-order chi connectivity index (χ0) is 10.0. The Labute approximate surface area is 91.4 Å². The number of carbonyl (C=O) groups excluding carboxylic acids is 1. The van der Waals surface area contributed by atoms with E-state index in [4.69, 9.17) is 11.5 Å². The van der Waals surface area contributed by atoms with Crippen molar-refractivity contribution in [3.63, 3.8) is 0 Å². The Balaban J connectivity index is 0.00000169. The third kappa shape index (κ3) is 3.12. The highest BCUT2D eigenvalue weighted by Gasteiger charge is 2.30. The van der Waals surface area contributed by atoms with Crippen molar-refractivity contribution in [2.24, 2.45) is 17.4 Å². The van der Waals surface area contributed by atoms with Gasteiger partial charge in [0.1, 0.15) is 0 Å². The molecule has 0 heterocycles. The van der Waals surface area contributed by atoms with Gasteiger partial charge in [-0.1, -0.05) is 0 Å². The molecule has 0 bridgehead atoms. The first kappa shape index (κ1) is 13.7. The van der Waals surface area contributed by atoms with Crippen LogP contribution in [-0.4, -0.2) is 37.0 Å². The van der Waals surface area contributed by atoms with Crippen LogP contribution in [0.15, 0.2) is 0 Å². The number of amides is 1. The van der Waals surface area contributed by atoms with E-state index in [-0.39, 0.29) is 36.3 Å². The quantitative estimate of drug-likeness (QED) is 0.652. The number of halogens is 1. The Hall–Kier alpha value is -0.320. The van der Waals surface area contributed by atoms with Crippen LogP contribution in [0.4, 0.5) is 0 Å². The van der Waals surface area contributed by atoms with Crippen LogP contribution in [0.3, 0.4) is 0 Å². The molecular formula is C9H20ClN3O. The van der Waals surface area contributed by atoms with Crippen LogP contribution in [0.1, 0.15) is 19.3 Å². The second-order valence-corrected chi connectivity index (χ2v) is 4.07. The van der Waals surface area contributed by atoms with Gasteiger partial charge in [-0.05, 0) is 19.3 Å². The highest BCUT2D eigenvalue weighted by atomic mass is 35.5. The summed E-state index contributed by atoms with van der Waals surface area (Å²) in [4.78, 5) is 13.2. The van der Waals surface area contributed by atoms with Crippen molar-refractivity contribution < 1.29 is 4.79 Å². The Morgan fingerprint density at radius 1 is 1.21 bits per heavy atom. The maximum Gasteiger partial charge on any atom is 0.225 e. The highest BCUT2D eigenvalue weighted by Crippen LogP contribution is 2.23. The summed E-state index contributed by atoms with van der Waals surface area (Å²) in [6, 6.07) is 0.0638. The predicted octanol–water partition coefficient (Wildman–Crippen LogP) is -0.0489. The van der Waals surface area contributed by atoms with Crippen molar-refractivity contribution in [3.05, 3.63) is 0 Å². The van der Waals surface area contributed by atoms with Crippen LogP contribution in [0.25, 0.3) is 0 Å². The standard InChI is InChI=1S/C9H19N3O.ClH/c1-12(2)9(13)6-3-4-7(10)8(11)5-6;/h6-8H,3-5,10-11H2,1-2H3;1H/t6-,7-,8+;/m0./s1. The maximum atomic E-state index is 11.6. The fourth-order valence-electron chi connectivity index (χ4n) is 1.82. The van der Waals surface area contributed by atoms with Gasteiger partial charge in [0.25, 0.3) is 0 Å². The normalized spacial score (nSPS) is 31.9. The minimum Gasteiger partial charge on any atom is -0.349 e. The van der Waals surface area contributed by atoms with Crippen molar-refractivity contribution >= 4 is 18.3 Å². The number of hydrogen-bond acceptors (Lipinski definition) is 3. The summed E-state index contributed by atoms with van der Waals surface area (Å²) in [6.45, 7) is 0. The number of rotatable bonds is 1. The van der Waals surface area contributed by atoms with Crippen molar-refractivity contribution in [1.29, 1.82) is 0 Å². The second kappa shape index (κ2) is 5.53. The number of carbonyl (C=O) groups is 1. The van der Waals surface area contributed by atoms with Gasteiger partial charge >= 0.3 is 0 Å². The first-order valence-electron chi connectivity index (χ1n) is 4.74. The van der Waals surface area contributed by atoms with Crippen LogP contribution in [0, 0.1) is 5.92 Å². The zero-order valence-corrected chi connectivity index (χ0v) is 9.59. The molecule has 1 saturated carbocycles. The largest absolute Gasteiger partial charge is 0.349 e. The average Bonchev–Trinajstić information content (AvgIpc) is 2.08. The summed E-state index contributed by atoms with van der Waals surface area (Å²) in [5, 5.41) is 0. The first-order chi connectivity index (χ1) is 6.02. The van der Waals surface area contributed by atoms with Crippen LogP contribution >= 0.6 is 12.4 Å². The Morgan fingerprint density at radius 2 is 1.79 bits per heavy atom. The minimum absolute atomic E-state index is 0. The fraction of sp³-hybridized carbons (Fsp3) is 0.889. The van der Waals surface area contributed by atoms with Crippen molar-refractivity contribution in [2.45, 2.75) is 31.3 Å². The topological polar surface area (TPSA) is 72.3 Å². The van der Waals surface area contributed by atoms with E-state index in [1.165, 1.54) is 0 Å². The van der Waals surface area contributed by atoms with E-state index in [1.54, 1.807) is 19.0 Å². The minimum atomic E-state index is -0.0114. The predicted molar refractivity (Wildman–Crippen MR) is 59.2 cm³/mol. The fourth-order valence-corrected chi connectivity index (χ4v) is 1.82. The third-order valence-electron chi connectivity index (χ3n) is 2.75. The monoisotopic (exact) mass is 221 g/mol. The molecule has 1 amide bonds. The Kier molecular flexibility index (Phi) is 5.41. The van der Waals surface area contributed by atoms with Crippen molar-refractivity contribution in [2.75, 3.05) is 14.1 Å². The molecule has 0 radical (unpaired) electrons. The summed E-state index contributed by atoms with van der Waals surface area (Å²) in [7, 11) is 3.56. The second-order valence-electron chi connectivity index (χ2n) is 4.07. The Bertz CT molecular complexity index is 198. The summed E-state index contributed by atoms with van der Waals surface area (Å²) < 4.78 is 0. The van der Waals surface area contributed by atoms with Gasteiger partial charge in [0.05, 0.1) is 0 Å². The van der Waals surface area contributed by atoms with Crippen LogP contribution in [0.2, 0.25) is 0 Å². The lowest BCUT2D eigenvalue weighted by Gasteiger charge is -2.32. The van der Waals surface area contributed by atoms with Gasteiger partial charge in [0.15, 0.2) is 0 Å². The van der Waals surface area contributed by atoms with Crippen LogP contribution in [-0.2, 0) is 4.79 Å². The molecule has 0 spiro atoms. The smallest absolute Gasteiger partial charge is 0.225 e. The average molecular weight is 222 g/mol. The molecule has 1 rings (SSSR count). The molecule has 0 aromatic heterocycles. The van der Waals surface area contributed by atoms with E-state index in [9.17, 15) is 4.79 Å². The molecule has 5 heteroatoms. The maximum absolute atomic E-state index is 11.6. The number of hydrogen-bond donors (Lipinski definition) is 2. The van der Waals surface area contributed by atoms with E-state index < -0.39 is 0 Å². The molecule has 1 aliphatic rings. The molecule has 0 aromatic carbocycles. The molecule has 84 valence electrons. The van der Waals surface area contributed by atoms with Crippen molar-refractivity contribution in [3.8, 4) is 0 Å². The third-order valence-corrected chi connectivity index (χ3v) is 2.75. The summed E-state index contributed by atoms with van der Waals surface area (Å²) in [6.07, 6.45) is 2.48. The summed E-state index contributed by atoms with van der Waals surface area (Å²) in [5.41, 5.74) is 11.6. The van der Waals surface area contributed by atoms with Gasteiger partial charge < -0.3 is 16.4 Å². The summed E-state index contributed by atoms with van der Waals surface area (Å²) in [5.74, 6) is 0.271. The molecule has 0 aromatic rings. The highest BCUT2D eigenvalue weighted by molar-refractivity contribution is 5.85. The zero-order valence-electron chi connectivity index (χ0n) is 8.77. The van der Waals surface area contributed by atoms with E-state index in [2.05, 4.69) is 0 Å². The SMILES string of the molecule is CN(C)C(=O)[C@H]1CC[C@H](N)[C@H](N)C1.Cl. The summed E-state index contributed by atoms with van der Waals surface area (Å²) >= 11 is 0. The number of nitrogens with two attached hydrogens (primary N) is 2. The molecule has 1 fully saturated rings. The van der Waals surface area contributed by atoms with Gasteiger partial charge in [0, 0.05) is 32.1 Å².